The normalized spacial score (nSPS) is 11.8. The van der Waals surface area contributed by atoms with Crippen LogP contribution in [0.15, 0.2) is 53.7 Å². The SMILES string of the molecule is CCn1c(SCc2ccccc2[N+](=O)[O-])nnc1C(C)Oc1ccc(OC)cc1. The van der Waals surface area contributed by atoms with Crippen LogP contribution in [0.1, 0.15) is 31.3 Å². The average molecular weight is 414 g/mol. The van der Waals surface area contributed by atoms with Gasteiger partial charge in [-0.05, 0) is 38.1 Å². The molecule has 3 aromatic rings. The molecule has 0 fully saturated rings. The van der Waals surface area contributed by atoms with Crippen LogP contribution in [0.25, 0.3) is 0 Å². The maximum absolute atomic E-state index is 11.2. The zero-order valence-electron chi connectivity index (χ0n) is 16.4. The summed E-state index contributed by atoms with van der Waals surface area (Å²) in [6.45, 7) is 4.58. The molecule has 0 N–H and O–H groups in total. The first-order chi connectivity index (χ1) is 14.0. The highest BCUT2D eigenvalue weighted by molar-refractivity contribution is 7.98. The number of aromatic nitrogens is 3. The van der Waals surface area contributed by atoms with E-state index in [2.05, 4.69) is 10.2 Å². The van der Waals surface area contributed by atoms with E-state index in [4.69, 9.17) is 9.47 Å². The Balaban J connectivity index is 1.73. The summed E-state index contributed by atoms with van der Waals surface area (Å²) in [6, 6.07) is 14.1. The molecule has 3 rings (SSSR count). The minimum absolute atomic E-state index is 0.110. The van der Waals surface area contributed by atoms with Gasteiger partial charge < -0.3 is 14.0 Å². The molecule has 152 valence electrons. The maximum atomic E-state index is 11.2. The van der Waals surface area contributed by atoms with Crippen LogP contribution in [-0.4, -0.2) is 26.8 Å². The molecule has 0 aliphatic carbocycles. The molecule has 0 saturated carbocycles. The van der Waals surface area contributed by atoms with E-state index in [0.717, 1.165) is 5.75 Å². The van der Waals surface area contributed by atoms with Crippen LogP contribution in [0.2, 0.25) is 0 Å². The van der Waals surface area contributed by atoms with Gasteiger partial charge in [-0.15, -0.1) is 10.2 Å². The Bertz CT molecular complexity index is 975. The molecular formula is C20H22N4O4S. The van der Waals surface area contributed by atoms with Crippen LogP contribution < -0.4 is 9.47 Å². The molecule has 0 aliphatic heterocycles. The van der Waals surface area contributed by atoms with E-state index >= 15 is 0 Å². The molecule has 1 unspecified atom stereocenters. The van der Waals surface area contributed by atoms with E-state index in [1.165, 1.54) is 17.8 Å². The van der Waals surface area contributed by atoms with Crippen molar-refractivity contribution in [2.24, 2.45) is 0 Å². The van der Waals surface area contributed by atoms with E-state index in [-0.39, 0.29) is 16.7 Å². The van der Waals surface area contributed by atoms with Gasteiger partial charge in [0.15, 0.2) is 17.1 Å². The van der Waals surface area contributed by atoms with Crippen molar-refractivity contribution in [2.45, 2.75) is 37.4 Å². The number of methoxy groups -OCH3 is 1. The fourth-order valence-electron chi connectivity index (χ4n) is 2.87. The van der Waals surface area contributed by atoms with E-state index in [0.29, 0.717) is 34.6 Å². The summed E-state index contributed by atoms with van der Waals surface area (Å²) in [4.78, 5) is 10.8. The van der Waals surface area contributed by atoms with Crippen molar-refractivity contribution in [3.63, 3.8) is 0 Å². The van der Waals surface area contributed by atoms with E-state index in [1.807, 2.05) is 42.7 Å². The molecule has 1 atom stereocenters. The molecule has 2 aromatic carbocycles. The highest BCUT2D eigenvalue weighted by Gasteiger charge is 2.20. The van der Waals surface area contributed by atoms with Crippen LogP contribution >= 0.6 is 11.8 Å². The first-order valence-electron chi connectivity index (χ1n) is 9.12. The summed E-state index contributed by atoms with van der Waals surface area (Å²) in [5.74, 6) is 2.60. The second kappa shape index (κ2) is 9.42. The minimum atomic E-state index is -0.364. The molecule has 0 bridgehead atoms. The molecular weight excluding hydrogens is 392 g/mol. The van der Waals surface area contributed by atoms with Crippen molar-refractivity contribution in [2.75, 3.05) is 7.11 Å². The average Bonchev–Trinajstić information content (AvgIpc) is 3.16. The number of rotatable bonds is 9. The lowest BCUT2D eigenvalue weighted by Crippen LogP contribution is -2.12. The van der Waals surface area contributed by atoms with Gasteiger partial charge >= 0.3 is 0 Å². The summed E-state index contributed by atoms with van der Waals surface area (Å²) in [7, 11) is 1.62. The molecule has 0 amide bonds. The van der Waals surface area contributed by atoms with Crippen molar-refractivity contribution in [3.8, 4) is 11.5 Å². The number of ether oxygens (including phenoxy) is 2. The van der Waals surface area contributed by atoms with Crippen LogP contribution in [0, 0.1) is 10.1 Å². The second-order valence-electron chi connectivity index (χ2n) is 6.20. The quantitative estimate of drug-likeness (QED) is 0.286. The van der Waals surface area contributed by atoms with Crippen molar-refractivity contribution >= 4 is 17.4 Å². The maximum Gasteiger partial charge on any atom is 0.273 e. The highest BCUT2D eigenvalue weighted by Crippen LogP contribution is 2.29. The largest absolute Gasteiger partial charge is 0.497 e. The van der Waals surface area contributed by atoms with Gasteiger partial charge in [-0.1, -0.05) is 30.0 Å². The number of hydrogen-bond donors (Lipinski definition) is 0. The van der Waals surface area contributed by atoms with E-state index in [9.17, 15) is 10.1 Å². The van der Waals surface area contributed by atoms with E-state index < -0.39 is 0 Å². The molecule has 0 radical (unpaired) electrons. The predicted octanol–water partition coefficient (Wildman–Crippen LogP) is 4.65. The van der Waals surface area contributed by atoms with Crippen LogP contribution in [-0.2, 0) is 12.3 Å². The van der Waals surface area contributed by atoms with Crippen LogP contribution in [0.4, 0.5) is 5.69 Å². The van der Waals surface area contributed by atoms with Crippen molar-refractivity contribution in [1.82, 2.24) is 14.8 Å². The monoisotopic (exact) mass is 414 g/mol. The molecule has 0 saturated heterocycles. The molecule has 0 aliphatic rings. The number of thioether (sulfide) groups is 1. The van der Waals surface area contributed by atoms with Crippen molar-refractivity contribution in [3.05, 3.63) is 70.0 Å². The molecule has 1 heterocycles. The predicted molar refractivity (Wildman–Crippen MR) is 110 cm³/mol. The number of nitro groups is 1. The van der Waals surface area contributed by atoms with Gasteiger partial charge in [-0.2, -0.15) is 0 Å². The first-order valence-corrected chi connectivity index (χ1v) is 10.1. The Hall–Kier alpha value is -3.07. The van der Waals surface area contributed by atoms with Gasteiger partial charge in [-0.25, -0.2) is 0 Å². The Morgan fingerprint density at radius 2 is 1.83 bits per heavy atom. The molecule has 29 heavy (non-hydrogen) atoms. The summed E-state index contributed by atoms with van der Waals surface area (Å²) in [6.07, 6.45) is -0.309. The topological polar surface area (TPSA) is 92.3 Å². The minimum Gasteiger partial charge on any atom is -0.497 e. The fourth-order valence-corrected chi connectivity index (χ4v) is 3.87. The molecule has 1 aromatic heterocycles. The van der Waals surface area contributed by atoms with E-state index in [1.54, 1.807) is 25.3 Å². The number of hydrogen-bond acceptors (Lipinski definition) is 7. The Morgan fingerprint density at radius 1 is 1.14 bits per heavy atom. The third kappa shape index (κ3) is 4.86. The molecule has 9 heteroatoms. The van der Waals surface area contributed by atoms with Gasteiger partial charge in [0.05, 0.1) is 12.0 Å². The third-order valence-corrected chi connectivity index (χ3v) is 5.36. The zero-order chi connectivity index (χ0) is 20.8. The third-order valence-electron chi connectivity index (χ3n) is 4.34. The summed E-state index contributed by atoms with van der Waals surface area (Å²) < 4.78 is 13.1. The summed E-state index contributed by atoms with van der Waals surface area (Å²) in [5, 5.41) is 20.5. The molecule has 0 spiro atoms. The fraction of sp³-hybridized carbons (Fsp3) is 0.300. The Labute approximate surface area is 173 Å². The standard InChI is InChI=1S/C20H22N4O4S/c1-4-23-19(14(2)28-17-11-9-16(27-3)10-12-17)21-22-20(23)29-13-15-7-5-6-8-18(15)24(25)26/h5-12,14H,4,13H2,1-3H3. The zero-order valence-corrected chi connectivity index (χ0v) is 17.3. The number of benzene rings is 2. The lowest BCUT2D eigenvalue weighted by Gasteiger charge is -2.15. The van der Waals surface area contributed by atoms with Crippen LogP contribution in [0.5, 0.6) is 11.5 Å². The van der Waals surface area contributed by atoms with Crippen molar-refractivity contribution < 1.29 is 14.4 Å². The van der Waals surface area contributed by atoms with Gasteiger partial charge in [0.25, 0.3) is 5.69 Å². The van der Waals surface area contributed by atoms with Gasteiger partial charge in [-0.3, -0.25) is 10.1 Å². The Morgan fingerprint density at radius 3 is 2.48 bits per heavy atom. The second-order valence-corrected chi connectivity index (χ2v) is 7.14. The van der Waals surface area contributed by atoms with Crippen LogP contribution in [0.3, 0.4) is 0 Å². The first kappa shape index (κ1) is 20.7. The highest BCUT2D eigenvalue weighted by atomic mass is 32.2. The molecule has 8 nitrogen and oxygen atoms in total. The lowest BCUT2D eigenvalue weighted by molar-refractivity contribution is -0.385. The van der Waals surface area contributed by atoms with Gasteiger partial charge in [0, 0.05) is 23.9 Å². The number of nitrogens with zero attached hydrogens (tertiary/aromatic N) is 4. The summed E-state index contributed by atoms with van der Waals surface area (Å²) in [5.41, 5.74) is 0.760. The Kier molecular flexibility index (Phi) is 6.71. The van der Waals surface area contributed by atoms with Gasteiger partial charge in [0.1, 0.15) is 11.5 Å². The smallest absolute Gasteiger partial charge is 0.273 e. The number of para-hydroxylation sites is 1. The van der Waals surface area contributed by atoms with Gasteiger partial charge in [0.2, 0.25) is 0 Å². The lowest BCUT2D eigenvalue weighted by atomic mass is 10.2. The number of nitro benzene ring substituents is 1. The van der Waals surface area contributed by atoms with Crippen molar-refractivity contribution in [1.29, 1.82) is 0 Å². The summed E-state index contributed by atoms with van der Waals surface area (Å²) >= 11 is 1.42.